The summed E-state index contributed by atoms with van der Waals surface area (Å²) < 4.78 is 19.2. The van der Waals surface area contributed by atoms with E-state index in [1.807, 2.05) is 55.5 Å². The highest BCUT2D eigenvalue weighted by atomic mass is 32.2. The Balaban J connectivity index is 1.68. The molecule has 2 aromatic carbocycles. The van der Waals surface area contributed by atoms with Crippen LogP contribution >= 0.6 is 11.8 Å². The number of benzene rings is 2. The molecular formula is C29H36N4O4S. The average molecular weight is 537 g/mol. The van der Waals surface area contributed by atoms with Gasteiger partial charge >= 0.3 is 5.97 Å². The number of thioether (sulfide) groups is 1. The van der Waals surface area contributed by atoms with Crippen LogP contribution in [0.25, 0.3) is 0 Å². The van der Waals surface area contributed by atoms with Crippen LogP contribution in [0.1, 0.15) is 63.6 Å². The molecule has 2 heterocycles. The molecule has 1 unspecified atom stereocenters. The summed E-state index contributed by atoms with van der Waals surface area (Å²) in [4.78, 5) is 18.0. The molecule has 0 amide bonds. The molecule has 9 heteroatoms. The van der Waals surface area contributed by atoms with Gasteiger partial charge in [0.25, 0.3) is 0 Å². The molecule has 0 radical (unpaired) electrons. The maximum absolute atomic E-state index is 13.3. The van der Waals surface area contributed by atoms with E-state index in [0.29, 0.717) is 47.1 Å². The highest BCUT2D eigenvalue weighted by Crippen LogP contribution is 2.40. The van der Waals surface area contributed by atoms with E-state index in [2.05, 4.69) is 19.2 Å². The maximum atomic E-state index is 13.3. The van der Waals surface area contributed by atoms with E-state index >= 15 is 0 Å². The Morgan fingerprint density at radius 3 is 2.61 bits per heavy atom. The number of unbranched alkanes of at least 4 members (excludes halogenated alkanes) is 2. The van der Waals surface area contributed by atoms with Gasteiger partial charge in [0.05, 0.1) is 19.3 Å². The number of methoxy groups -OCH3 is 1. The van der Waals surface area contributed by atoms with Crippen molar-refractivity contribution in [1.82, 2.24) is 14.8 Å². The number of nitrogens with one attached hydrogen (secondary N) is 1. The zero-order valence-corrected chi connectivity index (χ0v) is 23.3. The van der Waals surface area contributed by atoms with Crippen molar-refractivity contribution in [2.45, 2.75) is 64.3 Å². The van der Waals surface area contributed by atoms with Gasteiger partial charge < -0.3 is 19.5 Å². The number of nitrogens with zero attached hydrogens (tertiary/aromatic N) is 3. The number of anilines is 1. The number of fused-ring (bicyclic) bond motifs is 1. The molecule has 8 nitrogen and oxygen atoms in total. The highest BCUT2D eigenvalue weighted by Gasteiger charge is 2.35. The summed E-state index contributed by atoms with van der Waals surface area (Å²) in [5.74, 6) is 2.37. The minimum absolute atomic E-state index is 0.363. The quantitative estimate of drug-likeness (QED) is 0.153. The van der Waals surface area contributed by atoms with Crippen molar-refractivity contribution in [3.8, 4) is 11.5 Å². The predicted octanol–water partition coefficient (Wildman–Crippen LogP) is 6.39. The summed E-state index contributed by atoms with van der Waals surface area (Å²) in [7, 11) is 1.61. The minimum atomic E-state index is -0.523. The summed E-state index contributed by atoms with van der Waals surface area (Å²) >= 11 is 1.62. The monoisotopic (exact) mass is 536 g/mol. The number of hydrogen-bond donors (Lipinski definition) is 1. The number of carbonyl (C=O) groups is 1. The molecule has 0 fully saturated rings. The van der Waals surface area contributed by atoms with Crippen molar-refractivity contribution in [1.29, 1.82) is 0 Å². The fraction of sp³-hybridized carbons (Fsp3) is 0.414. The Kier molecular flexibility index (Phi) is 9.70. The molecule has 0 aliphatic carbocycles. The summed E-state index contributed by atoms with van der Waals surface area (Å²) in [6, 6.07) is 15.2. The number of carbonyl (C=O) groups excluding carboxylic acids is 1. The van der Waals surface area contributed by atoms with Crippen LogP contribution in [0.3, 0.4) is 0 Å². The van der Waals surface area contributed by atoms with Crippen molar-refractivity contribution in [2.75, 3.05) is 24.8 Å². The van der Waals surface area contributed by atoms with Gasteiger partial charge in [0.1, 0.15) is 12.6 Å². The second-order valence-electron chi connectivity index (χ2n) is 9.10. The predicted molar refractivity (Wildman–Crippen MR) is 150 cm³/mol. The van der Waals surface area contributed by atoms with E-state index in [0.717, 1.165) is 42.6 Å². The first-order chi connectivity index (χ1) is 18.5. The first-order valence-electron chi connectivity index (χ1n) is 13.1. The molecule has 1 atom stereocenters. The van der Waals surface area contributed by atoms with Gasteiger partial charge in [0.15, 0.2) is 11.5 Å². The molecule has 0 spiro atoms. The molecule has 1 aromatic heterocycles. The Bertz CT molecular complexity index is 1260. The molecule has 1 N–H and O–H groups in total. The van der Waals surface area contributed by atoms with E-state index in [-0.39, 0.29) is 5.97 Å². The molecule has 1 aliphatic heterocycles. The zero-order valence-electron chi connectivity index (χ0n) is 22.5. The van der Waals surface area contributed by atoms with Crippen molar-refractivity contribution in [2.24, 2.45) is 0 Å². The third-order valence-electron chi connectivity index (χ3n) is 6.25. The van der Waals surface area contributed by atoms with Crippen LogP contribution in [0.4, 0.5) is 5.95 Å². The molecule has 38 heavy (non-hydrogen) atoms. The van der Waals surface area contributed by atoms with E-state index < -0.39 is 6.04 Å². The van der Waals surface area contributed by atoms with Gasteiger partial charge in [0.2, 0.25) is 11.1 Å². The van der Waals surface area contributed by atoms with Crippen molar-refractivity contribution >= 4 is 23.7 Å². The molecule has 1 aliphatic rings. The molecule has 0 saturated heterocycles. The lowest BCUT2D eigenvalue weighted by Crippen LogP contribution is -2.29. The van der Waals surface area contributed by atoms with Crippen molar-refractivity contribution < 1.29 is 19.0 Å². The van der Waals surface area contributed by atoms with E-state index in [1.165, 1.54) is 0 Å². The standard InChI is InChI=1S/C29H36N4O4S/c1-5-7-16-36-27(34)25-20(3)30-28-31-29(38-17-8-6-2)32-33(28)26(25)22-14-15-23(24(18-22)35-4)37-19-21-12-10-9-11-13-21/h9-15,18,26H,5-8,16-17,19H2,1-4H3,(H,30,31,32). The van der Waals surface area contributed by atoms with Crippen LogP contribution in [-0.2, 0) is 16.1 Å². The van der Waals surface area contributed by atoms with Crippen LogP contribution in [0.15, 0.2) is 65.0 Å². The van der Waals surface area contributed by atoms with Gasteiger partial charge in [-0.05, 0) is 43.0 Å². The number of allylic oxidation sites excluding steroid dienone is 1. The number of rotatable bonds is 13. The van der Waals surface area contributed by atoms with E-state index in [4.69, 9.17) is 24.3 Å². The summed E-state index contributed by atoms with van der Waals surface area (Å²) in [6.07, 6.45) is 3.94. The lowest BCUT2D eigenvalue weighted by atomic mass is 9.95. The van der Waals surface area contributed by atoms with Crippen LogP contribution < -0.4 is 14.8 Å². The number of ether oxygens (including phenoxy) is 3. The van der Waals surface area contributed by atoms with Gasteiger partial charge in [-0.15, -0.1) is 5.10 Å². The fourth-order valence-electron chi connectivity index (χ4n) is 4.17. The van der Waals surface area contributed by atoms with Gasteiger partial charge in [-0.1, -0.05) is 74.8 Å². The first-order valence-corrected chi connectivity index (χ1v) is 14.1. The molecule has 202 valence electrons. The SMILES string of the molecule is CCCCOC(=O)C1=C(C)Nc2nc(SCCCC)nn2C1c1ccc(OCc2ccccc2)c(OC)c1. The average Bonchev–Trinajstić information content (AvgIpc) is 3.34. The Morgan fingerprint density at radius 1 is 1.08 bits per heavy atom. The minimum Gasteiger partial charge on any atom is -0.493 e. The fourth-order valence-corrected chi connectivity index (χ4v) is 5.08. The van der Waals surface area contributed by atoms with E-state index in [1.54, 1.807) is 23.6 Å². The number of hydrogen-bond acceptors (Lipinski definition) is 8. The lowest BCUT2D eigenvalue weighted by Gasteiger charge is -2.28. The van der Waals surface area contributed by atoms with Crippen LogP contribution in [0, 0.1) is 0 Å². The van der Waals surface area contributed by atoms with Crippen molar-refractivity contribution in [3.63, 3.8) is 0 Å². The molecule has 3 aromatic rings. The zero-order chi connectivity index (χ0) is 26.9. The van der Waals surface area contributed by atoms with Gasteiger partial charge in [-0.25, -0.2) is 9.48 Å². The van der Waals surface area contributed by atoms with Gasteiger partial charge in [-0.3, -0.25) is 0 Å². The lowest BCUT2D eigenvalue weighted by molar-refractivity contribution is -0.139. The molecule has 0 bridgehead atoms. The highest BCUT2D eigenvalue weighted by molar-refractivity contribution is 7.99. The van der Waals surface area contributed by atoms with Crippen molar-refractivity contribution in [3.05, 3.63) is 70.9 Å². The summed E-state index contributed by atoms with van der Waals surface area (Å²) in [6.45, 7) is 6.89. The van der Waals surface area contributed by atoms with Gasteiger partial charge in [-0.2, -0.15) is 4.98 Å². The second-order valence-corrected chi connectivity index (χ2v) is 10.2. The Labute approximate surface area is 228 Å². The van der Waals surface area contributed by atoms with E-state index in [9.17, 15) is 4.79 Å². The molecule has 4 rings (SSSR count). The first kappa shape index (κ1) is 27.6. The van der Waals surface area contributed by atoms with Gasteiger partial charge in [0, 0.05) is 11.4 Å². The normalized spacial score (nSPS) is 14.6. The number of aromatic nitrogens is 3. The van der Waals surface area contributed by atoms with Crippen LogP contribution in [0.5, 0.6) is 11.5 Å². The molecule has 0 saturated carbocycles. The number of esters is 1. The van der Waals surface area contributed by atoms with Crippen LogP contribution in [-0.4, -0.2) is 40.2 Å². The summed E-state index contributed by atoms with van der Waals surface area (Å²) in [5.41, 5.74) is 3.09. The van der Waals surface area contributed by atoms with Crippen LogP contribution in [0.2, 0.25) is 0 Å². The summed E-state index contributed by atoms with van der Waals surface area (Å²) in [5, 5.41) is 8.73. The third-order valence-corrected chi connectivity index (χ3v) is 7.18. The topological polar surface area (TPSA) is 87.5 Å². The second kappa shape index (κ2) is 13.4. The Morgan fingerprint density at radius 2 is 1.87 bits per heavy atom. The maximum Gasteiger partial charge on any atom is 0.338 e. The molecular weight excluding hydrogens is 500 g/mol. The third kappa shape index (κ3) is 6.51. The largest absolute Gasteiger partial charge is 0.493 e. The smallest absolute Gasteiger partial charge is 0.338 e. The Hall–Kier alpha value is -3.46.